The quantitative estimate of drug-likeness (QED) is 0.643. The van der Waals surface area contributed by atoms with Crippen molar-refractivity contribution in [3.05, 3.63) is 73.5 Å². The van der Waals surface area contributed by atoms with Crippen LogP contribution in [0.4, 0.5) is 0 Å². The number of rotatable bonds is 5. The predicted molar refractivity (Wildman–Crippen MR) is 85.7 cm³/mol. The highest BCUT2D eigenvalue weighted by Gasteiger charge is 2.18. The summed E-state index contributed by atoms with van der Waals surface area (Å²) in [5.74, 6) is 0. The van der Waals surface area contributed by atoms with Crippen molar-refractivity contribution >= 4 is 18.4 Å². The number of hydrogen-bond donors (Lipinski definition) is 2. The topological polar surface area (TPSA) is 66.2 Å². The molecule has 0 saturated carbocycles. The van der Waals surface area contributed by atoms with Gasteiger partial charge < -0.3 is 10.0 Å². The van der Waals surface area contributed by atoms with Crippen molar-refractivity contribution in [2.75, 3.05) is 0 Å². The molecular formula is C16H15BN2O2. The zero-order valence-electron chi connectivity index (χ0n) is 11.5. The maximum atomic E-state index is 9.37. The fourth-order valence-corrected chi connectivity index (χ4v) is 1.87. The molecule has 0 aliphatic rings. The fourth-order valence-electron chi connectivity index (χ4n) is 1.87. The molecule has 0 spiro atoms. The van der Waals surface area contributed by atoms with Gasteiger partial charge in [-0.2, -0.15) is 0 Å². The molecule has 4 nitrogen and oxygen atoms in total. The van der Waals surface area contributed by atoms with Gasteiger partial charge in [-0.15, -0.1) is 0 Å². The molecule has 1 aromatic heterocycles. The predicted octanol–water partition coefficient (Wildman–Crippen LogP) is 1.58. The van der Waals surface area contributed by atoms with E-state index in [1.807, 2.05) is 30.3 Å². The zero-order valence-corrected chi connectivity index (χ0v) is 11.5. The molecule has 2 N–H and O–H groups in total. The lowest BCUT2D eigenvalue weighted by Crippen LogP contribution is -2.36. The van der Waals surface area contributed by atoms with E-state index in [4.69, 9.17) is 0 Å². The van der Waals surface area contributed by atoms with Crippen LogP contribution in [0.5, 0.6) is 0 Å². The summed E-state index contributed by atoms with van der Waals surface area (Å²) >= 11 is 0. The molecule has 21 heavy (non-hydrogen) atoms. The summed E-state index contributed by atoms with van der Waals surface area (Å²) in [5, 5.41) is 18.7. The second-order valence-electron chi connectivity index (χ2n) is 4.30. The first kappa shape index (κ1) is 14.9. The molecule has 2 rings (SSSR count). The summed E-state index contributed by atoms with van der Waals surface area (Å²) in [7, 11) is -1.73. The third kappa shape index (κ3) is 3.53. The van der Waals surface area contributed by atoms with Gasteiger partial charge in [0.2, 0.25) is 0 Å². The second-order valence-corrected chi connectivity index (χ2v) is 4.30. The van der Waals surface area contributed by atoms with Gasteiger partial charge in [0.1, 0.15) is 0 Å². The van der Waals surface area contributed by atoms with Gasteiger partial charge in [0.15, 0.2) is 5.72 Å². The van der Waals surface area contributed by atoms with Crippen LogP contribution in [0.2, 0.25) is 0 Å². The molecule has 0 unspecified atom stereocenters. The van der Waals surface area contributed by atoms with Crippen molar-refractivity contribution in [2.45, 2.75) is 0 Å². The smallest absolute Gasteiger partial charge is 0.421 e. The molecule has 0 aliphatic heterocycles. The summed E-state index contributed by atoms with van der Waals surface area (Å²) in [5.41, 5.74) is 2.71. The summed E-state index contributed by atoms with van der Waals surface area (Å²) in [6.45, 7) is 7.38. The first-order valence-corrected chi connectivity index (χ1v) is 6.41. The molecule has 0 radical (unpaired) electrons. The van der Waals surface area contributed by atoms with E-state index in [2.05, 4.69) is 23.1 Å². The van der Waals surface area contributed by atoms with Gasteiger partial charge in [0.05, 0.1) is 11.4 Å². The highest BCUT2D eigenvalue weighted by Crippen LogP contribution is 2.20. The van der Waals surface area contributed by atoms with Gasteiger partial charge in [0, 0.05) is 5.56 Å². The number of aromatic nitrogens is 2. The summed E-state index contributed by atoms with van der Waals surface area (Å²) in [6, 6.07) is 11.2. The van der Waals surface area contributed by atoms with Crippen LogP contribution in [0.1, 0.15) is 5.69 Å². The van der Waals surface area contributed by atoms with Gasteiger partial charge >= 0.3 is 7.12 Å². The van der Waals surface area contributed by atoms with E-state index in [0.717, 1.165) is 11.1 Å². The Morgan fingerprint density at radius 2 is 1.81 bits per heavy atom. The largest absolute Gasteiger partial charge is 0.528 e. The maximum Gasteiger partial charge on any atom is 0.528 e. The van der Waals surface area contributed by atoms with Gasteiger partial charge in [0.25, 0.3) is 0 Å². The lowest BCUT2D eigenvalue weighted by atomic mass is 9.90. The summed E-state index contributed by atoms with van der Waals surface area (Å²) in [4.78, 5) is 8.33. The molecule has 0 atom stereocenters. The minimum Gasteiger partial charge on any atom is -0.421 e. The van der Waals surface area contributed by atoms with Gasteiger partial charge in [-0.05, 0) is 11.6 Å². The third-order valence-electron chi connectivity index (χ3n) is 2.86. The minimum absolute atomic E-state index is 0.0526. The number of benzene rings is 1. The molecule has 0 aliphatic carbocycles. The molecule has 0 bridgehead atoms. The van der Waals surface area contributed by atoms with Gasteiger partial charge in [-0.1, -0.05) is 61.7 Å². The molecule has 0 fully saturated rings. The first-order valence-electron chi connectivity index (χ1n) is 6.41. The van der Waals surface area contributed by atoms with Gasteiger partial charge in [-0.25, -0.2) is 9.97 Å². The van der Waals surface area contributed by atoms with E-state index in [0.29, 0.717) is 11.4 Å². The van der Waals surface area contributed by atoms with Crippen LogP contribution in [0, 0.1) is 0 Å². The number of allylic oxidation sites excluding steroid dienone is 4. The van der Waals surface area contributed by atoms with E-state index in [-0.39, 0.29) is 5.72 Å². The van der Waals surface area contributed by atoms with Crippen LogP contribution in [0.3, 0.4) is 0 Å². The Hall–Kier alpha value is -2.50. The Kier molecular flexibility index (Phi) is 4.82. The number of nitrogens with zero attached hydrogens (tertiary/aromatic N) is 2. The van der Waals surface area contributed by atoms with E-state index < -0.39 is 7.12 Å². The van der Waals surface area contributed by atoms with Crippen molar-refractivity contribution in [2.24, 2.45) is 0 Å². The van der Waals surface area contributed by atoms with E-state index in [1.54, 1.807) is 24.3 Å². The molecule has 1 aromatic carbocycles. The van der Waals surface area contributed by atoms with E-state index in [9.17, 15) is 10.0 Å². The summed E-state index contributed by atoms with van der Waals surface area (Å²) < 4.78 is 0. The zero-order chi connectivity index (χ0) is 15.2. The monoisotopic (exact) mass is 278 g/mol. The SMILES string of the molecule is C=C/C=C(\C=C)c1cc(-c2ccccc2)nc(B(O)O)n1. The van der Waals surface area contributed by atoms with E-state index >= 15 is 0 Å². The molecule has 5 heteroatoms. The third-order valence-corrected chi connectivity index (χ3v) is 2.86. The molecule has 0 amide bonds. The number of hydrogen-bond acceptors (Lipinski definition) is 4. The average molecular weight is 278 g/mol. The highest BCUT2D eigenvalue weighted by atomic mass is 16.4. The first-order chi connectivity index (χ1) is 10.2. The molecule has 2 aromatic rings. The van der Waals surface area contributed by atoms with Gasteiger partial charge in [-0.3, -0.25) is 0 Å². The molecular weight excluding hydrogens is 263 g/mol. The van der Waals surface area contributed by atoms with Crippen LogP contribution < -0.4 is 5.72 Å². The average Bonchev–Trinajstić information content (AvgIpc) is 2.53. The second kappa shape index (κ2) is 6.79. The molecule has 1 heterocycles. The van der Waals surface area contributed by atoms with Crippen LogP contribution in [0.25, 0.3) is 16.8 Å². The van der Waals surface area contributed by atoms with Crippen LogP contribution in [0.15, 0.2) is 67.8 Å². The fraction of sp³-hybridized carbons (Fsp3) is 0. The Balaban J connectivity index is 2.62. The Morgan fingerprint density at radius 3 is 2.38 bits per heavy atom. The summed E-state index contributed by atoms with van der Waals surface area (Å²) in [6.07, 6.45) is 5.00. The molecule has 104 valence electrons. The van der Waals surface area contributed by atoms with Crippen LogP contribution in [-0.4, -0.2) is 27.1 Å². The highest BCUT2D eigenvalue weighted by molar-refractivity contribution is 6.56. The van der Waals surface area contributed by atoms with Crippen molar-refractivity contribution in [3.63, 3.8) is 0 Å². The van der Waals surface area contributed by atoms with Crippen molar-refractivity contribution in [3.8, 4) is 11.3 Å². The van der Waals surface area contributed by atoms with Crippen molar-refractivity contribution < 1.29 is 10.0 Å². The lowest BCUT2D eigenvalue weighted by molar-refractivity contribution is 0.422. The standard InChI is InChI=1S/C16H15BN2O2/c1-3-8-12(4-2)14-11-15(13-9-6-5-7-10-13)19-16(18-14)17(20)21/h3-11,20-21H,1-2H2/b12-8+. The molecule has 0 saturated heterocycles. The Bertz CT molecular complexity index is 682. The Labute approximate surface area is 124 Å². The van der Waals surface area contributed by atoms with Crippen LogP contribution in [-0.2, 0) is 0 Å². The lowest BCUT2D eigenvalue weighted by Gasteiger charge is -2.08. The van der Waals surface area contributed by atoms with Crippen molar-refractivity contribution in [1.82, 2.24) is 9.97 Å². The minimum atomic E-state index is -1.73. The van der Waals surface area contributed by atoms with Crippen LogP contribution >= 0.6 is 0 Å². The van der Waals surface area contributed by atoms with Crippen molar-refractivity contribution in [1.29, 1.82) is 0 Å². The Morgan fingerprint density at radius 1 is 1.10 bits per heavy atom. The van der Waals surface area contributed by atoms with E-state index in [1.165, 1.54) is 0 Å². The maximum absolute atomic E-state index is 9.37. The normalized spacial score (nSPS) is 11.0.